The van der Waals surface area contributed by atoms with Gasteiger partial charge in [-0.15, -0.1) is 0 Å². The van der Waals surface area contributed by atoms with E-state index in [2.05, 4.69) is 39.7 Å². The van der Waals surface area contributed by atoms with E-state index >= 15 is 0 Å². The van der Waals surface area contributed by atoms with Crippen LogP contribution in [0.25, 0.3) is 0 Å². The Morgan fingerprint density at radius 3 is 2.96 bits per heavy atom. The van der Waals surface area contributed by atoms with Gasteiger partial charge in [0, 0.05) is 31.9 Å². The predicted molar refractivity (Wildman–Crippen MR) is 106 cm³/mol. The van der Waals surface area contributed by atoms with Crippen molar-refractivity contribution < 1.29 is 9.90 Å². The van der Waals surface area contributed by atoms with E-state index in [1.165, 1.54) is 5.56 Å². The van der Waals surface area contributed by atoms with Crippen LogP contribution in [0.4, 0.5) is 10.5 Å². The van der Waals surface area contributed by atoms with Crippen LogP contribution in [-0.4, -0.2) is 58.1 Å². The Kier molecular flexibility index (Phi) is 6.84. The molecule has 3 N–H and O–H groups in total. The van der Waals surface area contributed by atoms with Gasteiger partial charge in [-0.1, -0.05) is 30.3 Å². The number of urea groups is 1. The third kappa shape index (κ3) is 5.55. The minimum atomic E-state index is -0.198. The van der Waals surface area contributed by atoms with Crippen molar-refractivity contribution in [3.8, 4) is 0 Å². The summed E-state index contributed by atoms with van der Waals surface area (Å²) in [5.41, 5.74) is 1.85. The van der Waals surface area contributed by atoms with Crippen LogP contribution in [0.2, 0.25) is 0 Å². The zero-order chi connectivity index (χ0) is 19.1. The van der Waals surface area contributed by atoms with Gasteiger partial charge in [0.2, 0.25) is 0 Å². The number of likely N-dealkylation sites (tertiary alicyclic amines) is 1. The van der Waals surface area contributed by atoms with E-state index in [9.17, 15) is 4.79 Å². The lowest BCUT2D eigenvalue weighted by molar-refractivity contribution is 0.173. The summed E-state index contributed by atoms with van der Waals surface area (Å²) in [5, 5.41) is 19.3. The minimum Gasteiger partial charge on any atom is -0.396 e. The molecule has 0 saturated carbocycles. The highest BCUT2D eigenvalue weighted by atomic mass is 16.3. The highest BCUT2D eigenvalue weighted by Gasteiger charge is 2.21. The molecule has 0 bridgehead atoms. The number of nitrogens with one attached hydrogen (secondary N) is 2. The summed E-state index contributed by atoms with van der Waals surface area (Å²) in [6, 6.07) is 10.2. The lowest BCUT2D eigenvalue weighted by Crippen LogP contribution is -2.49. The van der Waals surface area contributed by atoms with Gasteiger partial charge < -0.3 is 20.6 Å². The molecule has 3 rings (SSSR count). The number of aliphatic hydroxyl groups is 1. The second-order valence-corrected chi connectivity index (χ2v) is 7.11. The molecule has 0 aliphatic carbocycles. The van der Waals surface area contributed by atoms with Crippen molar-refractivity contribution in [1.82, 2.24) is 20.0 Å². The number of carbonyl (C=O) groups excluding carboxylic acids is 1. The highest BCUT2D eigenvalue weighted by Crippen LogP contribution is 2.18. The molecule has 2 unspecified atom stereocenters. The summed E-state index contributed by atoms with van der Waals surface area (Å²) in [4.78, 5) is 14.6. The summed E-state index contributed by atoms with van der Waals surface area (Å²) in [5.74, 6) is 0. The van der Waals surface area contributed by atoms with Gasteiger partial charge in [-0.3, -0.25) is 4.68 Å². The van der Waals surface area contributed by atoms with E-state index < -0.39 is 0 Å². The van der Waals surface area contributed by atoms with Crippen LogP contribution in [0.15, 0.2) is 42.7 Å². The normalized spacial score (nSPS) is 18.8. The summed E-state index contributed by atoms with van der Waals surface area (Å²) in [6.45, 7) is 5.03. The third-order valence-electron chi connectivity index (χ3n) is 5.01. The molecule has 0 radical (unpaired) electrons. The van der Waals surface area contributed by atoms with Gasteiger partial charge in [0.15, 0.2) is 0 Å². The monoisotopic (exact) mass is 371 g/mol. The maximum absolute atomic E-state index is 12.3. The van der Waals surface area contributed by atoms with Crippen LogP contribution in [0.1, 0.15) is 37.8 Å². The summed E-state index contributed by atoms with van der Waals surface area (Å²) in [6.07, 6.45) is 6.34. The van der Waals surface area contributed by atoms with Crippen LogP contribution in [0.3, 0.4) is 0 Å². The Balaban J connectivity index is 1.50. The zero-order valence-corrected chi connectivity index (χ0v) is 15.8. The number of aromatic nitrogens is 2. The molecular weight excluding hydrogens is 342 g/mol. The van der Waals surface area contributed by atoms with E-state index in [-0.39, 0.29) is 24.7 Å². The van der Waals surface area contributed by atoms with Crippen LogP contribution >= 0.6 is 0 Å². The Bertz CT molecular complexity index is 718. The number of benzene rings is 1. The topological polar surface area (TPSA) is 82.4 Å². The summed E-state index contributed by atoms with van der Waals surface area (Å²) in [7, 11) is 0. The number of hydrogen-bond acceptors (Lipinski definition) is 4. The largest absolute Gasteiger partial charge is 0.396 e. The van der Waals surface area contributed by atoms with E-state index in [4.69, 9.17) is 5.11 Å². The molecule has 1 fully saturated rings. The second kappa shape index (κ2) is 9.53. The maximum Gasteiger partial charge on any atom is 0.319 e. The van der Waals surface area contributed by atoms with Crippen molar-refractivity contribution in [3.05, 3.63) is 48.3 Å². The SMILES string of the molecule is CC(c1ccccc1)n1cc(NC(=O)NC2CCCN(CCCO)C2)cn1. The summed E-state index contributed by atoms with van der Waals surface area (Å²) >= 11 is 0. The first-order valence-corrected chi connectivity index (χ1v) is 9.65. The first-order chi connectivity index (χ1) is 13.2. The van der Waals surface area contributed by atoms with E-state index in [1.807, 2.05) is 29.1 Å². The van der Waals surface area contributed by atoms with Crippen molar-refractivity contribution in [3.63, 3.8) is 0 Å². The van der Waals surface area contributed by atoms with Crippen molar-refractivity contribution >= 4 is 11.7 Å². The van der Waals surface area contributed by atoms with Gasteiger partial charge >= 0.3 is 6.03 Å². The number of anilines is 1. The van der Waals surface area contributed by atoms with Gasteiger partial charge in [-0.2, -0.15) is 5.10 Å². The molecule has 2 heterocycles. The van der Waals surface area contributed by atoms with Gasteiger partial charge in [-0.25, -0.2) is 4.79 Å². The fraction of sp³-hybridized carbons (Fsp3) is 0.500. The number of nitrogens with zero attached hydrogens (tertiary/aromatic N) is 3. The minimum absolute atomic E-state index is 0.100. The lowest BCUT2D eigenvalue weighted by Gasteiger charge is -2.32. The van der Waals surface area contributed by atoms with Crippen molar-refractivity contribution in [2.24, 2.45) is 0 Å². The number of hydrogen-bond donors (Lipinski definition) is 3. The molecule has 2 aromatic rings. The Hall–Kier alpha value is -2.38. The molecule has 7 heteroatoms. The smallest absolute Gasteiger partial charge is 0.319 e. The third-order valence-corrected chi connectivity index (χ3v) is 5.01. The molecular formula is C20H29N5O2. The van der Waals surface area contributed by atoms with Gasteiger partial charge in [0.25, 0.3) is 0 Å². The van der Waals surface area contributed by atoms with Crippen LogP contribution in [-0.2, 0) is 0 Å². The van der Waals surface area contributed by atoms with Crippen LogP contribution < -0.4 is 10.6 Å². The van der Waals surface area contributed by atoms with E-state index in [0.717, 1.165) is 38.9 Å². The molecule has 7 nitrogen and oxygen atoms in total. The van der Waals surface area contributed by atoms with Crippen molar-refractivity contribution in [1.29, 1.82) is 0 Å². The Morgan fingerprint density at radius 2 is 2.19 bits per heavy atom. The van der Waals surface area contributed by atoms with Gasteiger partial charge in [-0.05, 0) is 38.3 Å². The quantitative estimate of drug-likeness (QED) is 0.698. The average molecular weight is 371 g/mol. The molecule has 1 aliphatic rings. The van der Waals surface area contributed by atoms with E-state index in [1.54, 1.807) is 6.20 Å². The molecule has 1 saturated heterocycles. The maximum atomic E-state index is 12.3. The molecule has 2 atom stereocenters. The van der Waals surface area contributed by atoms with Crippen molar-refractivity contribution in [2.75, 3.05) is 31.6 Å². The predicted octanol–water partition coefficient (Wildman–Crippen LogP) is 2.46. The van der Waals surface area contributed by atoms with E-state index in [0.29, 0.717) is 5.69 Å². The standard InChI is InChI=1S/C20H29N5O2/c1-16(17-7-3-2-4-8-17)25-15-19(13-21-25)23-20(27)22-18-9-5-10-24(14-18)11-6-12-26/h2-4,7-8,13,15-16,18,26H,5-6,9-12,14H2,1H3,(H2,22,23,27). The Labute approximate surface area is 160 Å². The van der Waals surface area contributed by atoms with Crippen LogP contribution in [0, 0.1) is 0 Å². The number of amides is 2. The first kappa shape index (κ1) is 19.4. The molecule has 0 spiro atoms. The first-order valence-electron chi connectivity index (χ1n) is 9.65. The number of piperidine rings is 1. The fourth-order valence-electron chi connectivity index (χ4n) is 3.52. The Morgan fingerprint density at radius 1 is 1.37 bits per heavy atom. The number of rotatable bonds is 7. The van der Waals surface area contributed by atoms with Crippen LogP contribution in [0.5, 0.6) is 0 Å². The second-order valence-electron chi connectivity index (χ2n) is 7.11. The van der Waals surface area contributed by atoms with Crippen molar-refractivity contribution in [2.45, 2.75) is 38.3 Å². The molecule has 1 aliphatic heterocycles. The zero-order valence-electron chi connectivity index (χ0n) is 15.8. The number of aliphatic hydroxyl groups excluding tert-OH is 1. The molecule has 1 aromatic carbocycles. The molecule has 146 valence electrons. The average Bonchev–Trinajstić information content (AvgIpc) is 3.15. The number of carbonyl (C=O) groups is 1. The molecule has 2 amide bonds. The molecule has 27 heavy (non-hydrogen) atoms. The van der Waals surface area contributed by atoms with Gasteiger partial charge in [0.1, 0.15) is 0 Å². The fourth-order valence-corrected chi connectivity index (χ4v) is 3.52. The van der Waals surface area contributed by atoms with Gasteiger partial charge in [0.05, 0.1) is 17.9 Å². The molecule has 1 aromatic heterocycles. The lowest BCUT2D eigenvalue weighted by atomic mass is 10.1. The highest BCUT2D eigenvalue weighted by molar-refractivity contribution is 5.89. The summed E-state index contributed by atoms with van der Waals surface area (Å²) < 4.78 is 1.85.